The summed E-state index contributed by atoms with van der Waals surface area (Å²) in [5.41, 5.74) is 0.911. The minimum Gasteiger partial charge on any atom is -0.494 e. The maximum absolute atomic E-state index is 12.4. The van der Waals surface area contributed by atoms with Gasteiger partial charge >= 0.3 is 0 Å². The molecular weight excluding hydrogens is 366 g/mol. The zero-order valence-corrected chi connectivity index (χ0v) is 15.8. The van der Waals surface area contributed by atoms with Crippen molar-refractivity contribution >= 4 is 21.6 Å². The van der Waals surface area contributed by atoms with Gasteiger partial charge in [0.15, 0.2) is 0 Å². The number of nitriles is 1. The molecule has 0 atom stereocenters. The van der Waals surface area contributed by atoms with Crippen LogP contribution >= 0.6 is 0 Å². The molecule has 27 heavy (non-hydrogen) atoms. The number of amides is 1. The average molecular weight is 387 g/mol. The van der Waals surface area contributed by atoms with Gasteiger partial charge in [-0.1, -0.05) is 13.0 Å². The standard InChI is InChI=1S/C19H21N3O4S/c1-2-13-26-17-6-3-5-16(14-17)22-19(23)15-7-9-18(10-8-15)27(24,25)21-12-4-11-20/h3,5-10,14,21H,2,4,12-13H2,1H3,(H,22,23). The van der Waals surface area contributed by atoms with Gasteiger partial charge in [-0.25, -0.2) is 13.1 Å². The lowest BCUT2D eigenvalue weighted by Gasteiger charge is -2.09. The Kier molecular flexibility index (Phi) is 7.34. The molecule has 0 unspecified atom stereocenters. The van der Waals surface area contributed by atoms with Crippen molar-refractivity contribution in [2.75, 3.05) is 18.5 Å². The van der Waals surface area contributed by atoms with Crippen LogP contribution in [-0.2, 0) is 10.0 Å². The second kappa shape index (κ2) is 9.71. The molecule has 0 radical (unpaired) electrons. The molecule has 8 heteroatoms. The predicted molar refractivity (Wildman–Crippen MR) is 102 cm³/mol. The van der Waals surface area contributed by atoms with E-state index in [-0.39, 0.29) is 23.8 Å². The first-order valence-electron chi connectivity index (χ1n) is 8.47. The number of ether oxygens (including phenoxy) is 1. The van der Waals surface area contributed by atoms with Crippen LogP contribution in [0.1, 0.15) is 30.1 Å². The lowest BCUT2D eigenvalue weighted by molar-refractivity contribution is 0.102. The summed E-state index contributed by atoms with van der Waals surface area (Å²) >= 11 is 0. The quantitative estimate of drug-likeness (QED) is 0.643. The highest BCUT2D eigenvalue weighted by Gasteiger charge is 2.14. The van der Waals surface area contributed by atoms with Crippen molar-refractivity contribution in [1.82, 2.24) is 4.72 Å². The van der Waals surface area contributed by atoms with E-state index < -0.39 is 10.0 Å². The summed E-state index contributed by atoms with van der Waals surface area (Å²) in [6.07, 6.45) is 0.970. The van der Waals surface area contributed by atoms with E-state index in [1.807, 2.05) is 19.1 Å². The fourth-order valence-electron chi connectivity index (χ4n) is 2.20. The maximum Gasteiger partial charge on any atom is 0.255 e. The summed E-state index contributed by atoms with van der Waals surface area (Å²) in [7, 11) is -3.70. The number of nitrogens with zero attached hydrogens (tertiary/aromatic N) is 1. The van der Waals surface area contributed by atoms with Crippen LogP contribution < -0.4 is 14.8 Å². The molecule has 0 spiro atoms. The molecule has 0 aliphatic carbocycles. The maximum atomic E-state index is 12.4. The SMILES string of the molecule is CCCOc1cccc(NC(=O)c2ccc(S(=O)(=O)NCCC#N)cc2)c1. The minimum absolute atomic E-state index is 0.0342. The van der Waals surface area contributed by atoms with Crippen molar-refractivity contribution < 1.29 is 17.9 Å². The zero-order valence-electron chi connectivity index (χ0n) is 14.9. The van der Waals surface area contributed by atoms with Crippen molar-refractivity contribution in [1.29, 1.82) is 5.26 Å². The van der Waals surface area contributed by atoms with Gasteiger partial charge < -0.3 is 10.1 Å². The molecule has 0 heterocycles. The van der Waals surface area contributed by atoms with E-state index in [0.29, 0.717) is 23.6 Å². The number of hydrogen-bond acceptors (Lipinski definition) is 5. The molecule has 0 aromatic heterocycles. The van der Waals surface area contributed by atoms with E-state index in [9.17, 15) is 13.2 Å². The molecule has 142 valence electrons. The molecule has 7 nitrogen and oxygen atoms in total. The number of nitrogens with one attached hydrogen (secondary N) is 2. The number of rotatable bonds is 9. The minimum atomic E-state index is -3.70. The van der Waals surface area contributed by atoms with Crippen LogP contribution in [0.4, 0.5) is 5.69 Å². The van der Waals surface area contributed by atoms with Crippen LogP contribution in [0.25, 0.3) is 0 Å². The summed E-state index contributed by atoms with van der Waals surface area (Å²) < 4.78 is 32.0. The number of hydrogen-bond donors (Lipinski definition) is 2. The van der Waals surface area contributed by atoms with E-state index in [4.69, 9.17) is 10.00 Å². The smallest absolute Gasteiger partial charge is 0.255 e. The van der Waals surface area contributed by atoms with Gasteiger partial charge in [-0.3, -0.25) is 4.79 Å². The summed E-state index contributed by atoms with van der Waals surface area (Å²) in [5, 5.41) is 11.2. The van der Waals surface area contributed by atoms with Gasteiger partial charge in [0.25, 0.3) is 5.91 Å². The van der Waals surface area contributed by atoms with Gasteiger partial charge in [0.1, 0.15) is 5.75 Å². The fourth-order valence-corrected chi connectivity index (χ4v) is 3.23. The Morgan fingerprint density at radius 1 is 1.19 bits per heavy atom. The molecular formula is C19H21N3O4S. The number of carbonyl (C=O) groups excluding carboxylic acids is 1. The van der Waals surface area contributed by atoms with Gasteiger partial charge in [0, 0.05) is 30.3 Å². The third-order valence-electron chi connectivity index (χ3n) is 3.52. The second-order valence-corrected chi connectivity index (χ2v) is 7.43. The van der Waals surface area contributed by atoms with Crippen molar-refractivity contribution in [3.05, 3.63) is 54.1 Å². The third-order valence-corrected chi connectivity index (χ3v) is 5.00. The Morgan fingerprint density at radius 2 is 1.93 bits per heavy atom. The number of sulfonamides is 1. The molecule has 1 amide bonds. The summed E-state index contributed by atoms with van der Waals surface area (Å²) in [5.74, 6) is 0.309. The fraction of sp³-hybridized carbons (Fsp3) is 0.263. The van der Waals surface area contributed by atoms with Crippen LogP contribution in [-0.4, -0.2) is 27.5 Å². The van der Waals surface area contributed by atoms with Gasteiger partial charge in [0.2, 0.25) is 10.0 Å². The van der Waals surface area contributed by atoms with Crippen LogP contribution in [0.5, 0.6) is 5.75 Å². The Hall–Kier alpha value is -2.89. The highest BCUT2D eigenvalue weighted by Crippen LogP contribution is 2.19. The van der Waals surface area contributed by atoms with E-state index in [1.165, 1.54) is 24.3 Å². The summed E-state index contributed by atoms with van der Waals surface area (Å²) in [4.78, 5) is 12.4. The summed E-state index contributed by atoms with van der Waals surface area (Å²) in [6, 6.07) is 14.5. The Bertz CT molecular complexity index is 919. The van der Waals surface area contributed by atoms with Crippen LogP contribution in [0.2, 0.25) is 0 Å². The first-order chi connectivity index (χ1) is 13.0. The lowest BCUT2D eigenvalue weighted by atomic mass is 10.2. The van der Waals surface area contributed by atoms with Gasteiger partial charge in [-0.15, -0.1) is 0 Å². The van der Waals surface area contributed by atoms with Crippen molar-refractivity contribution in [2.24, 2.45) is 0 Å². The van der Waals surface area contributed by atoms with E-state index >= 15 is 0 Å². The highest BCUT2D eigenvalue weighted by atomic mass is 32.2. The lowest BCUT2D eigenvalue weighted by Crippen LogP contribution is -2.24. The largest absolute Gasteiger partial charge is 0.494 e. The van der Waals surface area contributed by atoms with Crippen molar-refractivity contribution in [3.63, 3.8) is 0 Å². The van der Waals surface area contributed by atoms with Crippen molar-refractivity contribution in [3.8, 4) is 11.8 Å². The van der Waals surface area contributed by atoms with Gasteiger partial charge in [0.05, 0.1) is 17.6 Å². The van der Waals surface area contributed by atoms with Gasteiger partial charge in [-0.05, 0) is 42.8 Å². The number of carbonyl (C=O) groups is 1. The Morgan fingerprint density at radius 3 is 2.59 bits per heavy atom. The molecule has 0 saturated heterocycles. The van der Waals surface area contributed by atoms with Crippen LogP contribution in [0.15, 0.2) is 53.4 Å². The molecule has 2 aromatic rings. The number of anilines is 1. The summed E-state index contributed by atoms with van der Waals surface area (Å²) in [6.45, 7) is 2.64. The van der Waals surface area contributed by atoms with Crippen LogP contribution in [0.3, 0.4) is 0 Å². The topological polar surface area (TPSA) is 108 Å². The van der Waals surface area contributed by atoms with Crippen LogP contribution in [0, 0.1) is 11.3 Å². The molecule has 0 fully saturated rings. The van der Waals surface area contributed by atoms with Crippen molar-refractivity contribution in [2.45, 2.75) is 24.7 Å². The Labute approximate surface area is 159 Å². The van der Waals surface area contributed by atoms with E-state index in [2.05, 4.69) is 10.0 Å². The zero-order chi connectivity index (χ0) is 19.7. The van der Waals surface area contributed by atoms with Gasteiger partial charge in [-0.2, -0.15) is 5.26 Å². The third kappa shape index (κ3) is 6.09. The first kappa shape index (κ1) is 20.4. The molecule has 2 aromatic carbocycles. The predicted octanol–water partition coefficient (Wildman–Crippen LogP) is 2.92. The highest BCUT2D eigenvalue weighted by molar-refractivity contribution is 7.89. The number of benzene rings is 2. The average Bonchev–Trinajstić information content (AvgIpc) is 2.67. The van der Waals surface area contributed by atoms with E-state index in [1.54, 1.807) is 18.2 Å². The molecule has 0 bridgehead atoms. The Balaban J connectivity index is 2.04. The molecule has 0 aliphatic rings. The second-order valence-electron chi connectivity index (χ2n) is 5.66. The first-order valence-corrected chi connectivity index (χ1v) is 9.95. The normalized spacial score (nSPS) is 10.8. The monoisotopic (exact) mass is 387 g/mol. The molecule has 0 aliphatic heterocycles. The molecule has 0 saturated carbocycles. The molecule has 2 N–H and O–H groups in total. The molecule has 2 rings (SSSR count). The van der Waals surface area contributed by atoms with E-state index in [0.717, 1.165) is 6.42 Å².